The number of halogens is 3. The second-order valence-electron chi connectivity index (χ2n) is 4.69. The zero-order chi connectivity index (χ0) is 16.5. The Morgan fingerprint density at radius 3 is 2.32 bits per heavy atom. The van der Waals surface area contributed by atoms with Crippen molar-refractivity contribution in [1.29, 1.82) is 0 Å². The molecule has 2 aromatic rings. The minimum Gasteiger partial charge on any atom is -0.265 e. The largest absolute Gasteiger partial charge is 0.265 e. The molecule has 0 aliphatic carbocycles. The fourth-order valence-electron chi connectivity index (χ4n) is 1.85. The molecule has 118 valence electrons. The van der Waals surface area contributed by atoms with Gasteiger partial charge in [0.1, 0.15) is 5.82 Å². The van der Waals surface area contributed by atoms with Gasteiger partial charge in [-0.3, -0.25) is 9.17 Å². The highest BCUT2D eigenvalue weighted by atomic mass is 35.5. The van der Waals surface area contributed by atoms with Crippen molar-refractivity contribution in [2.75, 3.05) is 6.26 Å². The molecule has 8 heteroatoms. The molecular formula is C14H12Cl2FNO3S. The summed E-state index contributed by atoms with van der Waals surface area (Å²) in [5.41, 5.74) is 1.24. The Bertz CT molecular complexity index is 805. The van der Waals surface area contributed by atoms with E-state index < -0.39 is 22.5 Å². The van der Waals surface area contributed by atoms with Crippen LogP contribution in [0.5, 0.6) is 0 Å². The van der Waals surface area contributed by atoms with Crippen molar-refractivity contribution in [3.8, 4) is 11.3 Å². The molecule has 0 atom stereocenters. The molecule has 0 amide bonds. The normalized spacial score (nSPS) is 11.7. The lowest BCUT2D eigenvalue weighted by atomic mass is 10.1. The van der Waals surface area contributed by atoms with Gasteiger partial charge in [0, 0.05) is 21.2 Å². The summed E-state index contributed by atoms with van der Waals surface area (Å²) in [5.74, 6) is -0.611. The Hall–Kier alpha value is -1.21. The number of rotatable bonds is 4. The Balaban J connectivity index is 2.47. The predicted molar refractivity (Wildman–Crippen MR) is 84.0 cm³/mol. The number of nitrogens with zero attached hydrogens (tertiary/aromatic N) is 1. The SMILES string of the molecule is Cc1nc(-c2cc(Cl)cc(Cl)c2)cc(COS(C)(=O)=O)c1F. The first-order valence-corrected chi connectivity index (χ1v) is 8.70. The van der Waals surface area contributed by atoms with E-state index in [1.165, 1.54) is 13.0 Å². The average molecular weight is 364 g/mol. The van der Waals surface area contributed by atoms with Crippen LogP contribution in [0.1, 0.15) is 11.3 Å². The average Bonchev–Trinajstić information content (AvgIpc) is 2.38. The van der Waals surface area contributed by atoms with Gasteiger partial charge in [-0.15, -0.1) is 0 Å². The first-order chi connectivity index (χ1) is 10.2. The van der Waals surface area contributed by atoms with Gasteiger partial charge in [0.15, 0.2) is 0 Å². The number of hydrogen-bond donors (Lipinski definition) is 0. The minimum absolute atomic E-state index is 0.0871. The van der Waals surface area contributed by atoms with Crippen molar-refractivity contribution >= 4 is 33.3 Å². The van der Waals surface area contributed by atoms with E-state index in [1.54, 1.807) is 18.2 Å². The smallest absolute Gasteiger partial charge is 0.264 e. The molecule has 0 spiro atoms. The lowest BCUT2D eigenvalue weighted by Crippen LogP contribution is -2.06. The van der Waals surface area contributed by atoms with E-state index in [4.69, 9.17) is 23.2 Å². The molecule has 4 nitrogen and oxygen atoms in total. The number of aromatic nitrogens is 1. The fourth-order valence-corrected chi connectivity index (χ4v) is 2.72. The zero-order valence-electron chi connectivity index (χ0n) is 11.7. The van der Waals surface area contributed by atoms with Crippen molar-refractivity contribution in [1.82, 2.24) is 4.98 Å². The van der Waals surface area contributed by atoms with E-state index in [9.17, 15) is 12.8 Å². The van der Waals surface area contributed by atoms with Gasteiger partial charge in [-0.1, -0.05) is 23.2 Å². The molecular weight excluding hydrogens is 352 g/mol. The highest BCUT2D eigenvalue weighted by molar-refractivity contribution is 7.85. The van der Waals surface area contributed by atoms with E-state index >= 15 is 0 Å². The quantitative estimate of drug-likeness (QED) is 0.770. The van der Waals surface area contributed by atoms with Crippen LogP contribution in [0.4, 0.5) is 4.39 Å². The fraction of sp³-hybridized carbons (Fsp3) is 0.214. The van der Waals surface area contributed by atoms with Gasteiger partial charge in [-0.2, -0.15) is 8.42 Å². The molecule has 0 bridgehead atoms. The maximum Gasteiger partial charge on any atom is 0.264 e. The summed E-state index contributed by atoms with van der Waals surface area (Å²) < 4.78 is 40.8. The molecule has 0 saturated carbocycles. The molecule has 1 heterocycles. The molecule has 0 radical (unpaired) electrons. The van der Waals surface area contributed by atoms with Gasteiger partial charge in [-0.05, 0) is 31.2 Å². The number of aryl methyl sites for hydroxylation is 1. The second-order valence-corrected chi connectivity index (χ2v) is 7.21. The third-order valence-electron chi connectivity index (χ3n) is 2.79. The van der Waals surface area contributed by atoms with E-state index in [2.05, 4.69) is 9.17 Å². The molecule has 2 rings (SSSR count). The summed E-state index contributed by atoms with van der Waals surface area (Å²) in [7, 11) is -3.67. The monoisotopic (exact) mass is 363 g/mol. The molecule has 0 N–H and O–H groups in total. The first kappa shape index (κ1) is 17.1. The maximum absolute atomic E-state index is 14.0. The van der Waals surface area contributed by atoms with Crippen molar-refractivity contribution in [3.05, 3.63) is 51.4 Å². The van der Waals surface area contributed by atoms with Gasteiger partial charge >= 0.3 is 0 Å². The van der Waals surface area contributed by atoms with Crippen molar-refractivity contribution in [2.24, 2.45) is 0 Å². The van der Waals surface area contributed by atoms with E-state index in [0.717, 1.165) is 6.26 Å². The van der Waals surface area contributed by atoms with E-state index in [1.807, 2.05) is 0 Å². The molecule has 1 aromatic heterocycles. The predicted octanol–water partition coefficient (Wildman–Crippen LogP) is 3.98. The lowest BCUT2D eigenvalue weighted by molar-refractivity contribution is 0.305. The second kappa shape index (κ2) is 6.50. The van der Waals surface area contributed by atoms with Crippen LogP contribution in [0, 0.1) is 12.7 Å². The topological polar surface area (TPSA) is 56.3 Å². The molecule has 22 heavy (non-hydrogen) atoms. The van der Waals surface area contributed by atoms with Gasteiger partial charge in [0.2, 0.25) is 0 Å². The molecule has 1 aromatic carbocycles. The molecule has 0 fully saturated rings. The van der Waals surface area contributed by atoms with Crippen LogP contribution < -0.4 is 0 Å². The molecule has 0 unspecified atom stereocenters. The Labute approximate surface area is 138 Å². The van der Waals surface area contributed by atoms with Crippen LogP contribution in [0.15, 0.2) is 24.3 Å². The first-order valence-electron chi connectivity index (χ1n) is 6.12. The van der Waals surface area contributed by atoms with Crippen molar-refractivity contribution in [2.45, 2.75) is 13.5 Å². The third-order valence-corrected chi connectivity index (χ3v) is 3.77. The highest BCUT2D eigenvalue weighted by Gasteiger charge is 2.14. The molecule has 0 saturated heterocycles. The van der Waals surface area contributed by atoms with Crippen LogP contribution in [0.3, 0.4) is 0 Å². The number of hydrogen-bond acceptors (Lipinski definition) is 4. The van der Waals surface area contributed by atoms with E-state index in [-0.39, 0.29) is 11.3 Å². The van der Waals surface area contributed by atoms with E-state index in [0.29, 0.717) is 21.3 Å². The Morgan fingerprint density at radius 2 is 1.77 bits per heavy atom. The Morgan fingerprint density at radius 1 is 1.18 bits per heavy atom. The summed E-state index contributed by atoms with van der Waals surface area (Å²) in [6.07, 6.45) is 0.899. The standard InChI is InChI=1S/C14H12Cl2FNO3S/c1-8-14(17)10(7-21-22(2,19)20)5-13(18-8)9-3-11(15)6-12(16)4-9/h3-6H,7H2,1-2H3. The summed E-state index contributed by atoms with van der Waals surface area (Å²) in [6, 6.07) is 6.24. The van der Waals surface area contributed by atoms with Gasteiger partial charge in [0.05, 0.1) is 24.3 Å². The molecule has 0 aliphatic heterocycles. The third kappa shape index (κ3) is 4.39. The van der Waals surface area contributed by atoms with Crippen LogP contribution in [-0.4, -0.2) is 19.7 Å². The molecule has 0 aliphatic rings. The van der Waals surface area contributed by atoms with Crippen LogP contribution in [-0.2, 0) is 20.9 Å². The number of pyridine rings is 1. The Kier molecular flexibility index (Phi) is 5.07. The number of benzene rings is 1. The van der Waals surface area contributed by atoms with Gasteiger partial charge in [0.25, 0.3) is 10.1 Å². The summed E-state index contributed by atoms with van der Waals surface area (Å²) >= 11 is 11.9. The van der Waals surface area contributed by atoms with Gasteiger partial charge in [-0.25, -0.2) is 4.39 Å². The van der Waals surface area contributed by atoms with Crippen molar-refractivity contribution in [3.63, 3.8) is 0 Å². The van der Waals surface area contributed by atoms with Crippen LogP contribution >= 0.6 is 23.2 Å². The zero-order valence-corrected chi connectivity index (χ0v) is 14.1. The lowest BCUT2D eigenvalue weighted by Gasteiger charge is -2.10. The van der Waals surface area contributed by atoms with Crippen LogP contribution in [0.2, 0.25) is 10.0 Å². The summed E-state index contributed by atoms with van der Waals surface area (Å²) in [5, 5.41) is 0.834. The summed E-state index contributed by atoms with van der Waals surface area (Å²) in [6.45, 7) is 1.07. The minimum atomic E-state index is -3.67. The summed E-state index contributed by atoms with van der Waals surface area (Å²) in [4.78, 5) is 4.13. The van der Waals surface area contributed by atoms with Crippen molar-refractivity contribution < 1.29 is 17.0 Å². The van der Waals surface area contributed by atoms with Gasteiger partial charge < -0.3 is 0 Å². The van der Waals surface area contributed by atoms with Crippen LogP contribution in [0.25, 0.3) is 11.3 Å². The maximum atomic E-state index is 14.0. The highest BCUT2D eigenvalue weighted by Crippen LogP contribution is 2.28.